The first-order valence-electron chi connectivity index (χ1n) is 4.04. The average molecular weight is 191 g/mol. The van der Waals surface area contributed by atoms with Gasteiger partial charge in [0, 0.05) is 6.20 Å². The minimum Gasteiger partial charge on any atom is -0.383 e. The molecule has 0 fully saturated rings. The molecule has 0 aliphatic rings. The first-order chi connectivity index (χ1) is 6.68. The molecule has 0 atom stereocenters. The van der Waals surface area contributed by atoms with Crippen LogP contribution in [0.3, 0.4) is 0 Å². The molecule has 2 heterocycles. The number of rotatable bonds is 1. The topological polar surface area (TPSA) is 100 Å². The Bertz CT molecular complexity index is 499. The Labute approximate surface area is 79.2 Å². The van der Waals surface area contributed by atoms with Crippen LogP contribution in [0, 0.1) is 6.92 Å². The maximum atomic E-state index is 11.3. The molecule has 0 spiro atoms. The SMILES string of the molecule is Cc1c(N)nc(-c2cn[nH]c2)[nH]c1=O. The Hall–Kier alpha value is -2.11. The van der Waals surface area contributed by atoms with Crippen LogP contribution in [0.4, 0.5) is 5.82 Å². The lowest BCUT2D eigenvalue weighted by molar-refractivity contribution is 1.09. The quantitative estimate of drug-likeness (QED) is 0.592. The number of nitrogen functional groups attached to an aromatic ring is 1. The van der Waals surface area contributed by atoms with E-state index in [4.69, 9.17) is 5.73 Å². The summed E-state index contributed by atoms with van der Waals surface area (Å²) < 4.78 is 0. The maximum Gasteiger partial charge on any atom is 0.256 e. The lowest BCUT2D eigenvalue weighted by Gasteiger charge is -2.00. The monoisotopic (exact) mass is 191 g/mol. The van der Waals surface area contributed by atoms with Gasteiger partial charge in [0.05, 0.1) is 17.3 Å². The van der Waals surface area contributed by atoms with Crippen LogP contribution < -0.4 is 11.3 Å². The van der Waals surface area contributed by atoms with Crippen molar-refractivity contribution in [3.63, 3.8) is 0 Å². The van der Waals surface area contributed by atoms with Crippen LogP contribution >= 0.6 is 0 Å². The molecule has 2 aromatic rings. The molecule has 0 aliphatic carbocycles. The first-order valence-corrected chi connectivity index (χ1v) is 4.04. The third kappa shape index (κ3) is 1.26. The largest absolute Gasteiger partial charge is 0.383 e. The van der Waals surface area contributed by atoms with E-state index in [-0.39, 0.29) is 11.4 Å². The third-order valence-electron chi connectivity index (χ3n) is 1.96. The smallest absolute Gasteiger partial charge is 0.256 e. The van der Waals surface area contributed by atoms with Crippen molar-refractivity contribution in [3.8, 4) is 11.4 Å². The van der Waals surface area contributed by atoms with E-state index in [1.807, 2.05) is 0 Å². The summed E-state index contributed by atoms with van der Waals surface area (Å²) in [4.78, 5) is 18.0. The molecule has 0 bridgehead atoms. The van der Waals surface area contributed by atoms with Crippen molar-refractivity contribution in [2.75, 3.05) is 5.73 Å². The number of aromatic nitrogens is 4. The molecule has 0 amide bonds. The molecule has 0 aliphatic heterocycles. The Morgan fingerprint density at radius 2 is 2.29 bits per heavy atom. The zero-order valence-electron chi connectivity index (χ0n) is 7.53. The van der Waals surface area contributed by atoms with Crippen molar-refractivity contribution in [1.29, 1.82) is 0 Å². The lowest BCUT2D eigenvalue weighted by atomic mass is 10.3. The second-order valence-corrected chi connectivity index (χ2v) is 2.91. The van der Waals surface area contributed by atoms with E-state index >= 15 is 0 Å². The van der Waals surface area contributed by atoms with E-state index in [0.717, 1.165) is 0 Å². The van der Waals surface area contributed by atoms with E-state index < -0.39 is 0 Å². The fourth-order valence-corrected chi connectivity index (χ4v) is 1.07. The molecule has 6 nitrogen and oxygen atoms in total. The number of aromatic amines is 2. The van der Waals surface area contributed by atoms with Gasteiger partial charge in [-0.15, -0.1) is 0 Å². The van der Waals surface area contributed by atoms with Gasteiger partial charge in [-0.25, -0.2) is 4.98 Å². The van der Waals surface area contributed by atoms with Gasteiger partial charge in [-0.2, -0.15) is 5.10 Å². The number of hydrogen-bond donors (Lipinski definition) is 3. The summed E-state index contributed by atoms with van der Waals surface area (Å²) in [5.41, 5.74) is 6.47. The summed E-state index contributed by atoms with van der Waals surface area (Å²) in [6.45, 7) is 1.63. The van der Waals surface area contributed by atoms with Gasteiger partial charge in [-0.3, -0.25) is 9.89 Å². The zero-order valence-corrected chi connectivity index (χ0v) is 7.53. The van der Waals surface area contributed by atoms with Crippen molar-refractivity contribution in [1.82, 2.24) is 20.2 Å². The summed E-state index contributed by atoms with van der Waals surface area (Å²) in [7, 11) is 0. The maximum absolute atomic E-state index is 11.3. The number of hydrogen-bond acceptors (Lipinski definition) is 4. The second-order valence-electron chi connectivity index (χ2n) is 2.91. The molecule has 14 heavy (non-hydrogen) atoms. The number of H-pyrrole nitrogens is 2. The Kier molecular flexibility index (Phi) is 1.81. The fraction of sp³-hybridized carbons (Fsp3) is 0.125. The van der Waals surface area contributed by atoms with E-state index in [1.54, 1.807) is 19.3 Å². The highest BCUT2D eigenvalue weighted by molar-refractivity contribution is 5.54. The molecular weight excluding hydrogens is 182 g/mol. The van der Waals surface area contributed by atoms with E-state index in [2.05, 4.69) is 20.2 Å². The van der Waals surface area contributed by atoms with Crippen molar-refractivity contribution < 1.29 is 0 Å². The third-order valence-corrected chi connectivity index (χ3v) is 1.96. The van der Waals surface area contributed by atoms with Gasteiger partial charge in [0.1, 0.15) is 11.6 Å². The van der Waals surface area contributed by atoms with Crippen LogP contribution in [0.2, 0.25) is 0 Å². The van der Waals surface area contributed by atoms with Gasteiger partial charge < -0.3 is 10.7 Å². The van der Waals surface area contributed by atoms with Crippen LogP contribution in [-0.4, -0.2) is 20.2 Å². The molecule has 6 heteroatoms. The minimum absolute atomic E-state index is 0.228. The Balaban J connectivity index is 2.63. The summed E-state index contributed by atoms with van der Waals surface area (Å²) in [5.74, 6) is 0.664. The number of nitrogens with zero attached hydrogens (tertiary/aromatic N) is 2. The van der Waals surface area contributed by atoms with Gasteiger partial charge in [-0.1, -0.05) is 0 Å². The van der Waals surface area contributed by atoms with Gasteiger partial charge in [0.25, 0.3) is 5.56 Å². The molecule has 0 radical (unpaired) electrons. The van der Waals surface area contributed by atoms with Crippen molar-refractivity contribution in [2.45, 2.75) is 6.92 Å². The average Bonchev–Trinajstić information content (AvgIpc) is 2.66. The predicted molar refractivity (Wildman–Crippen MR) is 51.6 cm³/mol. The number of nitrogens with two attached hydrogens (primary N) is 1. The molecule has 2 rings (SSSR count). The molecule has 0 saturated heterocycles. The lowest BCUT2D eigenvalue weighted by Crippen LogP contribution is -2.15. The highest BCUT2D eigenvalue weighted by Crippen LogP contribution is 2.12. The summed E-state index contributed by atoms with van der Waals surface area (Å²) in [5, 5.41) is 6.38. The molecule has 2 aromatic heterocycles. The second kappa shape index (κ2) is 2.99. The van der Waals surface area contributed by atoms with Crippen molar-refractivity contribution in [3.05, 3.63) is 28.3 Å². The zero-order chi connectivity index (χ0) is 10.1. The van der Waals surface area contributed by atoms with Crippen molar-refractivity contribution >= 4 is 5.82 Å². The standard InChI is InChI=1S/C8H9N5O/c1-4-6(9)12-7(13-8(4)14)5-2-10-11-3-5/h2-3H,1H3,(H,10,11)(H3,9,12,13,14). The highest BCUT2D eigenvalue weighted by Gasteiger charge is 2.06. The van der Waals surface area contributed by atoms with Gasteiger partial charge >= 0.3 is 0 Å². The fourth-order valence-electron chi connectivity index (χ4n) is 1.07. The Morgan fingerprint density at radius 3 is 2.86 bits per heavy atom. The van der Waals surface area contributed by atoms with Gasteiger partial charge in [0.15, 0.2) is 0 Å². The van der Waals surface area contributed by atoms with Crippen molar-refractivity contribution in [2.24, 2.45) is 0 Å². The van der Waals surface area contributed by atoms with Gasteiger partial charge in [0.2, 0.25) is 0 Å². The van der Waals surface area contributed by atoms with Crippen LogP contribution in [0.5, 0.6) is 0 Å². The van der Waals surface area contributed by atoms with Crippen LogP contribution in [0.25, 0.3) is 11.4 Å². The van der Waals surface area contributed by atoms with E-state index in [0.29, 0.717) is 17.0 Å². The van der Waals surface area contributed by atoms with Crippen LogP contribution in [0.1, 0.15) is 5.56 Å². The molecule has 0 unspecified atom stereocenters. The molecule has 4 N–H and O–H groups in total. The molecule has 0 aromatic carbocycles. The molecule has 0 saturated carbocycles. The Morgan fingerprint density at radius 1 is 1.50 bits per heavy atom. The molecule has 72 valence electrons. The highest BCUT2D eigenvalue weighted by atomic mass is 16.1. The summed E-state index contributed by atoms with van der Waals surface area (Å²) in [6.07, 6.45) is 3.19. The predicted octanol–water partition coefficient (Wildman–Crippen LogP) is 0.0506. The van der Waals surface area contributed by atoms with E-state index in [1.165, 1.54) is 0 Å². The molecular formula is C8H9N5O. The first kappa shape index (κ1) is 8.49. The minimum atomic E-state index is -0.228. The summed E-state index contributed by atoms with van der Waals surface area (Å²) in [6, 6.07) is 0. The summed E-state index contributed by atoms with van der Waals surface area (Å²) >= 11 is 0. The van der Waals surface area contributed by atoms with E-state index in [9.17, 15) is 4.79 Å². The van der Waals surface area contributed by atoms with Crippen LogP contribution in [0.15, 0.2) is 17.2 Å². The number of anilines is 1. The number of nitrogens with one attached hydrogen (secondary N) is 2. The van der Waals surface area contributed by atoms with Gasteiger partial charge in [-0.05, 0) is 6.92 Å². The normalized spacial score (nSPS) is 10.4. The van der Waals surface area contributed by atoms with Crippen LogP contribution in [-0.2, 0) is 0 Å².